The van der Waals surface area contributed by atoms with Gasteiger partial charge < -0.3 is 9.80 Å². The molecule has 1 amide bonds. The summed E-state index contributed by atoms with van der Waals surface area (Å²) in [6.45, 7) is 6.08. The number of carbonyl (C=O) groups excluding carboxylic acids is 1. The standard InChI is InChI=1S/C34H34FN3O/c35-30-14-11-26(12-15-30)24-38-25-29-13-16-31(23-33(29)34(38)39)37-21-19-36(20-22-37)18-17-32(27-7-3-1-4-8-27)28-9-5-2-6-10-28/h1-16,23,32H,17-22,24-25H2. The van der Waals surface area contributed by atoms with Gasteiger partial charge in [-0.1, -0.05) is 78.9 Å². The van der Waals surface area contributed by atoms with Gasteiger partial charge in [0.1, 0.15) is 5.82 Å². The van der Waals surface area contributed by atoms with Crippen LogP contribution in [0.1, 0.15) is 45.0 Å². The van der Waals surface area contributed by atoms with Crippen molar-refractivity contribution >= 4 is 11.6 Å². The van der Waals surface area contributed by atoms with Gasteiger partial charge in [0.2, 0.25) is 0 Å². The van der Waals surface area contributed by atoms with E-state index < -0.39 is 0 Å². The average Bonchev–Trinajstić information content (AvgIpc) is 3.30. The van der Waals surface area contributed by atoms with Gasteiger partial charge in [-0.3, -0.25) is 9.69 Å². The van der Waals surface area contributed by atoms with Crippen LogP contribution < -0.4 is 4.90 Å². The Bertz CT molecular complexity index is 1360. The molecular weight excluding hydrogens is 485 g/mol. The second-order valence-electron chi connectivity index (χ2n) is 10.6. The first-order valence-corrected chi connectivity index (χ1v) is 13.9. The van der Waals surface area contributed by atoms with Crippen molar-refractivity contribution in [3.8, 4) is 0 Å². The van der Waals surface area contributed by atoms with E-state index in [1.54, 1.807) is 12.1 Å². The molecule has 2 heterocycles. The Balaban J connectivity index is 1.06. The predicted molar refractivity (Wildman–Crippen MR) is 154 cm³/mol. The molecule has 198 valence electrons. The summed E-state index contributed by atoms with van der Waals surface area (Å²) in [5.41, 5.74) is 6.67. The van der Waals surface area contributed by atoms with Crippen molar-refractivity contribution in [2.75, 3.05) is 37.6 Å². The summed E-state index contributed by atoms with van der Waals surface area (Å²) in [6, 6.07) is 34.4. The lowest BCUT2D eigenvalue weighted by Gasteiger charge is -2.37. The maximum atomic E-state index is 13.3. The molecule has 39 heavy (non-hydrogen) atoms. The van der Waals surface area contributed by atoms with Crippen LogP contribution in [0.25, 0.3) is 0 Å². The number of rotatable bonds is 8. The van der Waals surface area contributed by atoms with E-state index >= 15 is 0 Å². The Hall–Kier alpha value is -3.96. The fourth-order valence-corrected chi connectivity index (χ4v) is 5.92. The molecule has 4 aromatic rings. The Morgan fingerprint density at radius 1 is 0.744 bits per heavy atom. The molecule has 0 saturated carbocycles. The van der Waals surface area contributed by atoms with Gasteiger partial charge in [-0.25, -0.2) is 4.39 Å². The zero-order valence-corrected chi connectivity index (χ0v) is 22.2. The maximum absolute atomic E-state index is 13.3. The van der Waals surface area contributed by atoms with E-state index in [2.05, 4.69) is 88.7 Å². The van der Waals surface area contributed by atoms with Crippen LogP contribution in [0.3, 0.4) is 0 Å². The summed E-state index contributed by atoms with van der Waals surface area (Å²) in [6.07, 6.45) is 1.09. The van der Waals surface area contributed by atoms with Crippen LogP contribution in [0.4, 0.5) is 10.1 Å². The topological polar surface area (TPSA) is 26.8 Å². The highest BCUT2D eigenvalue weighted by Gasteiger charge is 2.29. The number of hydrogen-bond acceptors (Lipinski definition) is 3. The molecule has 0 atom stereocenters. The van der Waals surface area contributed by atoms with Crippen molar-refractivity contribution in [3.05, 3.63) is 137 Å². The van der Waals surface area contributed by atoms with E-state index in [1.165, 1.54) is 23.3 Å². The van der Waals surface area contributed by atoms with Crippen LogP contribution in [0.2, 0.25) is 0 Å². The Morgan fingerprint density at radius 2 is 1.38 bits per heavy atom. The summed E-state index contributed by atoms with van der Waals surface area (Å²) in [5.74, 6) is 0.195. The van der Waals surface area contributed by atoms with Gasteiger partial charge in [0.15, 0.2) is 0 Å². The molecular formula is C34H34FN3O. The molecule has 5 heteroatoms. The molecule has 0 spiro atoms. The molecule has 4 aromatic carbocycles. The largest absolute Gasteiger partial charge is 0.369 e. The number of anilines is 1. The van der Waals surface area contributed by atoms with Crippen molar-refractivity contribution in [1.82, 2.24) is 9.80 Å². The fourth-order valence-electron chi connectivity index (χ4n) is 5.92. The number of carbonyl (C=O) groups is 1. The minimum Gasteiger partial charge on any atom is -0.369 e. The molecule has 0 unspecified atom stereocenters. The molecule has 4 nitrogen and oxygen atoms in total. The highest BCUT2D eigenvalue weighted by atomic mass is 19.1. The first kappa shape index (κ1) is 25.3. The second-order valence-corrected chi connectivity index (χ2v) is 10.6. The molecule has 0 N–H and O–H groups in total. The highest BCUT2D eigenvalue weighted by Crippen LogP contribution is 2.30. The number of fused-ring (bicyclic) bond motifs is 1. The molecule has 1 fully saturated rings. The van der Waals surface area contributed by atoms with E-state index in [1.807, 2.05) is 4.90 Å². The molecule has 2 aliphatic rings. The first-order chi connectivity index (χ1) is 19.1. The molecule has 0 radical (unpaired) electrons. The molecule has 6 rings (SSSR count). The SMILES string of the molecule is O=C1c2cc(N3CCN(CCC(c4ccccc4)c4ccccc4)CC3)ccc2CN1Cc1ccc(F)cc1. The van der Waals surface area contributed by atoms with Crippen molar-refractivity contribution in [3.63, 3.8) is 0 Å². The average molecular weight is 520 g/mol. The number of amides is 1. The second kappa shape index (κ2) is 11.4. The normalized spacial score (nSPS) is 15.7. The van der Waals surface area contributed by atoms with Crippen LogP contribution >= 0.6 is 0 Å². The fraction of sp³-hybridized carbons (Fsp3) is 0.265. The van der Waals surface area contributed by atoms with Crippen molar-refractivity contribution in [1.29, 1.82) is 0 Å². The third-order valence-electron chi connectivity index (χ3n) is 8.13. The lowest BCUT2D eigenvalue weighted by molar-refractivity contribution is 0.0766. The number of piperazine rings is 1. The first-order valence-electron chi connectivity index (χ1n) is 13.9. The summed E-state index contributed by atoms with van der Waals surface area (Å²) in [5, 5.41) is 0. The van der Waals surface area contributed by atoms with Crippen molar-refractivity contribution in [2.45, 2.75) is 25.4 Å². The molecule has 0 aliphatic carbocycles. The van der Waals surface area contributed by atoms with E-state index in [4.69, 9.17) is 0 Å². The van der Waals surface area contributed by atoms with Gasteiger partial charge in [0.05, 0.1) is 0 Å². The van der Waals surface area contributed by atoms with Crippen LogP contribution in [0, 0.1) is 5.82 Å². The summed E-state index contributed by atoms with van der Waals surface area (Å²) in [4.78, 5) is 20.0. The van der Waals surface area contributed by atoms with Gasteiger partial charge in [-0.05, 0) is 59.5 Å². The predicted octanol–water partition coefficient (Wildman–Crippen LogP) is 6.33. The van der Waals surface area contributed by atoms with E-state index in [0.29, 0.717) is 19.0 Å². The molecule has 2 aliphatic heterocycles. The lowest BCUT2D eigenvalue weighted by Crippen LogP contribution is -2.46. The summed E-state index contributed by atoms with van der Waals surface area (Å²) < 4.78 is 13.3. The minimum absolute atomic E-state index is 0.0580. The lowest BCUT2D eigenvalue weighted by atomic mass is 9.88. The Labute approximate surface area is 230 Å². The smallest absolute Gasteiger partial charge is 0.254 e. The van der Waals surface area contributed by atoms with Crippen molar-refractivity contribution < 1.29 is 9.18 Å². The molecule has 0 aromatic heterocycles. The van der Waals surface area contributed by atoms with Gasteiger partial charge in [0.25, 0.3) is 5.91 Å². The van der Waals surface area contributed by atoms with Crippen LogP contribution in [-0.2, 0) is 13.1 Å². The number of benzene rings is 4. The van der Waals surface area contributed by atoms with E-state index in [-0.39, 0.29) is 11.7 Å². The minimum atomic E-state index is -0.258. The Kier molecular flexibility index (Phi) is 7.42. The summed E-state index contributed by atoms with van der Waals surface area (Å²) in [7, 11) is 0. The van der Waals surface area contributed by atoms with Crippen LogP contribution in [0.5, 0.6) is 0 Å². The van der Waals surface area contributed by atoms with Gasteiger partial charge in [0, 0.05) is 56.4 Å². The summed E-state index contributed by atoms with van der Waals surface area (Å²) >= 11 is 0. The van der Waals surface area contributed by atoms with E-state index in [0.717, 1.165) is 61.5 Å². The molecule has 0 bridgehead atoms. The monoisotopic (exact) mass is 519 g/mol. The van der Waals surface area contributed by atoms with Crippen LogP contribution in [-0.4, -0.2) is 48.4 Å². The number of halogens is 1. The van der Waals surface area contributed by atoms with E-state index in [9.17, 15) is 9.18 Å². The van der Waals surface area contributed by atoms with Crippen molar-refractivity contribution in [2.24, 2.45) is 0 Å². The number of nitrogens with zero attached hydrogens (tertiary/aromatic N) is 3. The zero-order chi connectivity index (χ0) is 26.6. The highest BCUT2D eigenvalue weighted by molar-refractivity contribution is 5.99. The van der Waals surface area contributed by atoms with Gasteiger partial charge >= 0.3 is 0 Å². The molecule has 1 saturated heterocycles. The zero-order valence-electron chi connectivity index (χ0n) is 22.2. The third-order valence-corrected chi connectivity index (χ3v) is 8.13. The van der Waals surface area contributed by atoms with Crippen LogP contribution in [0.15, 0.2) is 103 Å². The maximum Gasteiger partial charge on any atom is 0.254 e. The number of hydrogen-bond donors (Lipinski definition) is 0. The van der Waals surface area contributed by atoms with Gasteiger partial charge in [-0.2, -0.15) is 0 Å². The third kappa shape index (κ3) is 5.74. The quantitative estimate of drug-likeness (QED) is 0.272. The Morgan fingerprint density at radius 3 is 2.03 bits per heavy atom. The van der Waals surface area contributed by atoms with Gasteiger partial charge in [-0.15, -0.1) is 0 Å².